The molecular formula is C26H33N3O3. The van der Waals surface area contributed by atoms with Crippen LogP contribution in [0.3, 0.4) is 0 Å². The first-order valence-corrected chi connectivity index (χ1v) is 11.5. The van der Waals surface area contributed by atoms with E-state index in [1.54, 1.807) is 24.3 Å². The summed E-state index contributed by atoms with van der Waals surface area (Å²) >= 11 is 0. The van der Waals surface area contributed by atoms with Crippen molar-refractivity contribution in [3.8, 4) is 0 Å². The maximum absolute atomic E-state index is 13.0. The molecule has 1 heterocycles. The van der Waals surface area contributed by atoms with E-state index in [1.165, 1.54) is 12.8 Å². The molecule has 170 valence electrons. The Morgan fingerprint density at radius 1 is 0.875 bits per heavy atom. The Morgan fingerprint density at radius 2 is 1.50 bits per heavy atom. The van der Waals surface area contributed by atoms with Crippen molar-refractivity contribution in [3.63, 3.8) is 0 Å². The fourth-order valence-corrected chi connectivity index (χ4v) is 3.90. The van der Waals surface area contributed by atoms with Crippen LogP contribution in [0.1, 0.15) is 67.9 Å². The number of hydrogen-bond donors (Lipinski definition) is 2. The van der Waals surface area contributed by atoms with Crippen molar-refractivity contribution in [2.75, 3.05) is 18.4 Å². The van der Waals surface area contributed by atoms with E-state index >= 15 is 0 Å². The summed E-state index contributed by atoms with van der Waals surface area (Å²) in [7, 11) is 0. The molecule has 1 aliphatic rings. The molecule has 3 amide bonds. The standard InChI is InChI=1S/C26H33N3O3/c1-19(2)18-23(30)28-24(20-10-6-5-7-11-20)25(31)27-22-14-12-21(13-15-22)26(32)29-16-8-3-4-9-17-29/h5-7,10-15,19,24H,3-4,8-9,16-18H2,1-2H3,(H,27,31)(H,28,30). The Hall–Kier alpha value is -3.15. The van der Waals surface area contributed by atoms with Crippen LogP contribution < -0.4 is 10.6 Å². The number of amides is 3. The molecule has 2 N–H and O–H groups in total. The SMILES string of the molecule is CC(C)CC(=O)NC(C(=O)Nc1ccc(C(=O)N2CCCCCC2)cc1)c1ccccc1. The first-order chi connectivity index (χ1) is 15.4. The van der Waals surface area contributed by atoms with Gasteiger partial charge >= 0.3 is 0 Å². The van der Waals surface area contributed by atoms with Gasteiger partial charge in [-0.05, 0) is 48.6 Å². The number of likely N-dealkylation sites (tertiary alicyclic amines) is 1. The fraction of sp³-hybridized carbons (Fsp3) is 0.423. The smallest absolute Gasteiger partial charge is 0.253 e. The van der Waals surface area contributed by atoms with Crippen molar-refractivity contribution in [2.24, 2.45) is 5.92 Å². The predicted octanol–water partition coefficient (Wildman–Crippen LogP) is 4.54. The van der Waals surface area contributed by atoms with E-state index in [9.17, 15) is 14.4 Å². The second kappa shape index (κ2) is 11.5. The van der Waals surface area contributed by atoms with Crippen molar-refractivity contribution >= 4 is 23.4 Å². The maximum Gasteiger partial charge on any atom is 0.253 e. The molecule has 32 heavy (non-hydrogen) atoms. The van der Waals surface area contributed by atoms with Crippen LogP contribution in [0.5, 0.6) is 0 Å². The number of benzene rings is 2. The number of carbonyl (C=O) groups is 3. The molecule has 0 radical (unpaired) electrons. The molecule has 0 aliphatic carbocycles. The van der Waals surface area contributed by atoms with Crippen LogP contribution in [-0.2, 0) is 9.59 Å². The van der Waals surface area contributed by atoms with E-state index in [0.717, 1.165) is 31.5 Å². The molecule has 1 atom stereocenters. The lowest BCUT2D eigenvalue weighted by molar-refractivity contribution is -0.127. The highest BCUT2D eigenvalue weighted by molar-refractivity contribution is 5.99. The largest absolute Gasteiger partial charge is 0.341 e. The molecule has 3 rings (SSSR count). The van der Waals surface area contributed by atoms with E-state index in [4.69, 9.17) is 0 Å². The summed E-state index contributed by atoms with van der Waals surface area (Å²) < 4.78 is 0. The quantitative estimate of drug-likeness (QED) is 0.670. The van der Waals surface area contributed by atoms with Crippen LogP contribution >= 0.6 is 0 Å². The second-order valence-electron chi connectivity index (χ2n) is 8.78. The third kappa shape index (κ3) is 6.67. The number of rotatable bonds is 7. The van der Waals surface area contributed by atoms with Crippen molar-refractivity contribution in [2.45, 2.75) is 52.0 Å². The topological polar surface area (TPSA) is 78.5 Å². The predicted molar refractivity (Wildman–Crippen MR) is 126 cm³/mol. The molecule has 1 aliphatic heterocycles. The molecule has 0 spiro atoms. The summed E-state index contributed by atoms with van der Waals surface area (Å²) in [5.74, 6) is -0.251. The highest BCUT2D eigenvalue weighted by Gasteiger charge is 2.23. The van der Waals surface area contributed by atoms with Gasteiger partial charge in [-0.2, -0.15) is 0 Å². The van der Waals surface area contributed by atoms with Gasteiger partial charge in [-0.1, -0.05) is 57.0 Å². The molecular weight excluding hydrogens is 402 g/mol. The van der Waals surface area contributed by atoms with Crippen LogP contribution in [0.2, 0.25) is 0 Å². The molecule has 1 unspecified atom stereocenters. The van der Waals surface area contributed by atoms with E-state index in [-0.39, 0.29) is 23.6 Å². The summed E-state index contributed by atoms with van der Waals surface area (Å²) in [4.78, 5) is 40.1. The van der Waals surface area contributed by atoms with Crippen molar-refractivity contribution in [1.82, 2.24) is 10.2 Å². The van der Waals surface area contributed by atoms with Gasteiger partial charge in [0.05, 0.1) is 0 Å². The van der Waals surface area contributed by atoms with Gasteiger partial charge in [0.1, 0.15) is 6.04 Å². The van der Waals surface area contributed by atoms with Crippen molar-refractivity contribution < 1.29 is 14.4 Å². The van der Waals surface area contributed by atoms with Gasteiger partial charge in [-0.25, -0.2) is 0 Å². The van der Waals surface area contributed by atoms with Crippen molar-refractivity contribution in [3.05, 3.63) is 65.7 Å². The highest BCUT2D eigenvalue weighted by Crippen LogP contribution is 2.19. The third-order valence-electron chi connectivity index (χ3n) is 5.59. The van der Waals surface area contributed by atoms with E-state index in [0.29, 0.717) is 17.7 Å². The van der Waals surface area contributed by atoms with Crippen LogP contribution in [-0.4, -0.2) is 35.7 Å². The summed E-state index contributed by atoms with van der Waals surface area (Å²) in [5.41, 5.74) is 1.92. The number of hydrogen-bond acceptors (Lipinski definition) is 3. The normalized spacial score (nSPS) is 15.0. The minimum Gasteiger partial charge on any atom is -0.341 e. The van der Waals surface area contributed by atoms with E-state index < -0.39 is 6.04 Å². The summed E-state index contributed by atoms with van der Waals surface area (Å²) in [5, 5.41) is 5.73. The van der Waals surface area contributed by atoms with Gasteiger partial charge in [0.25, 0.3) is 11.8 Å². The first-order valence-electron chi connectivity index (χ1n) is 11.5. The molecule has 1 saturated heterocycles. The molecule has 2 aromatic carbocycles. The van der Waals surface area contributed by atoms with Gasteiger partial charge in [0.2, 0.25) is 5.91 Å². The van der Waals surface area contributed by atoms with E-state index in [1.807, 2.05) is 49.1 Å². The van der Waals surface area contributed by atoms with Gasteiger partial charge in [0, 0.05) is 30.8 Å². The molecule has 0 saturated carbocycles. The van der Waals surface area contributed by atoms with Crippen LogP contribution in [0, 0.1) is 5.92 Å². The average Bonchev–Trinajstić information content (AvgIpc) is 3.07. The second-order valence-corrected chi connectivity index (χ2v) is 8.78. The van der Waals surface area contributed by atoms with Gasteiger partial charge in [-0.3, -0.25) is 14.4 Å². The van der Waals surface area contributed by atoms with E-state index in [2.05, 4.69) is 10.6 Å². The highest BCUT2D eigenvalue weighted by atomic mass is 16.2. The Balaban J connectivity index is 1.68. The fourth-order valence-electron chi connectivity index (χ4n) is 3.90. The zero-order valence-electron chi connectivity index (χ0n) is 19.0. The van der Waals surface area contributed by atoms with Gasteiger partial charge in [-0.15, -0.1) is 0 Å². The molecule has 6 heteroatoms. The Labute approximate surface area is 190 Å². The number of nitrogens with zero attached hydrogens (tertiary/aromatic N) is 1. The van der Waals surface area contributed by atoms with Crippen LogP contribution in [0.15, 0.2) is 54.6 Å². The Bertz CT molecular complexity index is 902. The molecule has 1 fully saturated rings. The van der Waals surface area contributed by atoms with Crippen LogP contribution in [0.4, 0.5) is 5.69 Å². The third-order valence-corrected chi connectivity index (χ3v) is 5.59. The minimum absolute atomic E-state index is 0.0351. The summed E-state index contributed by atoms with van der Waals surface area (Å²) in [6.07, 6.45) is 4.78. The maximum atomic E-state index is 13.0. The lowest BCUT2D eigenvalue weighted by Gasteiger charge is -2.21. The molecule has 0 aromatic heterocycles. The monoisotopic (exact) mass is 435 g/mol. The molecule has 0 bridgehead atoms. The molecule has 6 nitrogen and oxygen atoms in total. The Morgan fingerprint density at radius 3 is 2.09 bits per heavy atom. The van der Waals surface area contributed by atoms with Gasteiger partial charge in [0.15, 0.2) is 0 Å². The summed E-state index contributed by atoms with van der Waals surface area (Å²) in [6.45, 7) is 5.52. The zero-order valence-corrected chi connectivity index (χ0v) is 19.0. The van der Waals surface area contributed by atoms with Crippen molar-refractivity contribution in [1.29, 1.82) is 0 Å². The lowest BCUT2D eigenvalue weighted by Crippen LogP contribution is -2.37. The van der Waals surface area contributed by atoms with Gasteiger partial charge < -0.3 is 15.5 Å². The first kappa shape index (κ1) is 23.5. The number of nitrogens with one attached hydrogen (secondary N) is 2. The number of carbonyl (C=O) groups excluding carboxylic acids is 3. The zero-order chi connectivity index (χ0) is 22.9. The minimum atomic E-state index is -0.791. The Kier molecular flexibility index (Phi) is 8.42. The molecule has 2 aromatic rings. The number of anilines is 1. The average molecular weight is 436 g/mol. The lowest BCUT2D eigenvalue weighted by atomic mass is 10.0. The summed E-state index contributed by atoms with van der Waals surface area (Å²) in [6, 6.07) is 15.4. The van der Waals surface area contributed by atoms with Crippen LogP contribution in [0.25, 0.3) is 0 Å².